The fraction of sp³-hybridized carbons (Fsp3) is 0.300. The van der Waals surface area contributed by atoms with E-state index in [1.165, 1.54) is 19.1 Å². The first kappa shape index (κ1) is 12.0. The highest BCUT2D eigenvalue weighted by atomic mass is 16.6. The van der Waals surface area contributed by atoms with Crippen molar-refractivity contribution in [3.8, 4) is 11.6 Å². The largest absolute Gasteiger partial charge is 0.433 e. The molecular weight excluding hydrogens is 240 g/mol. The Morgan fingerprint density at radius 3 is 2.72 bits per heavy atom. The highest BCUT2D eigenvalue weighted by Gasteiger charge is 2.19. The summed E-state index contributed by atoms with van der Waals surface area (Å²) in [7, 11) is 0. The minimum Gasteiger partial charge on any atom is -0.397 e. The number of carbonyl (C=O) groups excluding carboxylic acids is 1. The number of hydrogen-bond donors (Lipinski definition) is 0. The van der Waals surface area contributed by atoms with Crippen LogP contribution in [-0.4, -0.2) is 25.6 Å². The van der Waals surface area contributed by atoms with Crippen molar-refractivity contribution in [3.05, 3.63) is 28.1 Å². The van der Waals surface area contributed by atoms with Crippen LogP contribution in [0.25, 0.3) is 11.6 Å². The summed E-state index contributed by atoms with van der Waals surface area (Å²) in [5.41, 5.74) is 0. The smallest absolute Gasteiger partial charge is 0.397 e. The average Bonchev–Trinajstić information content (AvgIpc) is 2.95. The predicted molar refractivity (Wildman–Crippen MR) is 60.1 cm³/mol. The third-order valence-electron chi connectivity index (χ3n) is 2.28. The molecule has 0 aliphatic rings. The molecule has 0 fully saturated rings. The van der Waals surface area contributed by atoms with Crippen LogP contribution >= 0.6 is 0 Å². The maximum absolute atomic E-state index is 11.3. The van der Waals surface area contributed by atoms with Crippen LogP contribution in [0.3, 0.4) is 0 Å². The summed E-state index contributed by atoms with van der Waals surface area (Å²) >= 11 is 0. The van der Waals surface area contributed by atoms with Gasteiger partial charge >= 0.3 is 5.88 Å². The van der Waals surface area contributed by atoms with Crippen LogP contribution in [0.5, 0.6) is 0 Å². The van der Waals surface area contributed by atoms with E-state index in [4.69, 9.17) is 4.42 Å². The zero-order valence-electron chi connectivity index (χ0n) is 9.78. The number of nitrogens with zero attached hydrogens (tertiary/aromatic N) is 4. The van der Waals surface area contributed by atoms with Gasteiger partial charge in [-0.1, -0.05) is 6.92 Å². The quantitative estimate of drug-likeness (QED) is 0.606. The lowest BCUT2D eigenvalue weighted by Gasteiger charge is -1.95. The van der Waals surface area contributed by atoms with E-state index in [0.29, 0.717) is 12.2 Å². The molecule has 0 aliphatic heterocycles. The normalized spacial score (nSPS) is 10.6. The SMILES string of the molecule is CCc1nc(-c2ccc([N+](=O)[O-])o2)nn1C(C)=O. The van der Waals surface area contributed by atoms with Crippen molar-refractivity contribution in [3.63, 3.8) is 0 Å². The Morgan fingerprint density at radius 1 is 1.56 bits per heavy atom. The lowest BCUT2D eigenvalue weighted by atomic mass is 10.4. The molecule has 0 saturated heterocycles. The second kappa shape index (κ2) is 4.40. The van der Waals surface area contributed by atoms with Gasteiger partial charge in [0.25, 0.3) is 0 Å². The van der Waals surface area contributed by atoms with Gasteiger partial charge < -0.3 is 4.42 Å². The Morgan fingerprint density at radius 2 is 2.28 bits per heavy atom. The molecule has 0 atom stereocenters. The van der Waals surface area contributed by atoms with E-state index in [9.17, 15) is 14.9 Å². The Bertz CT molecular complexity index is 613. The number of furan rings is 1. The highest BCUT2D eigenvalue weighted by molar-refractivity contribution is 5.76. The summed E-state index contributed by atoms with van der Waals surface area (Å²) < 4.78 is 6.13. The molecule has 8 heteroatoms. The van der Waals surface area contributed by atoms with Crippen molar-refractivity contribution in [1.82, 2.24) is 14.8 Å². The lowest BCUT2D eigenvalue weighted by Crippen LogP contribution is -2.11. The zero-order chi connectivity index (χ0) is 13.3. The van der Waals surface area contributed by atoms with E-state index >= 15 is 0 Å². The number of hydrogen-bond acceptors (Lipinski definition) is 6. The second-order valence-corrected chi connectivity index (χ2v) is 3.53. The Labute approximate surface area is 101 Å². The number of carbonyl (C=O) groups is 1. The van der Waals surface area contributed by atoms with Gasteiger partial charge in [-0.25, -0.2) is 4.98 Å². The standard InChI is InChI=1S/C10H10N4O4/c1-3-8-11-10(12-13(8)6(2)15)7-4-5-9(18-7)14(16)17/h4-5H,3H2,1-2H3. The van der Waals surface area contributed by atoms with E-state index in [1.807, 2.05) is 6.92 Å². The molecule has 2 heterocycles. The molecule has 2 aromatic rings. The van der Waals surface area contributed by atoms with Crippen LogP contribution in [0.15, 0.2) is 16.5 Å². The third-order valence-corrected chi connectivity index (χ3v) is 2.28. The molecule has 0 saturated carbocycles. The van der Waals surface area contributed by atoms with E-state index in [1.54, 1.807) is 0 Å². The molecule has 0 amide bonds. The Kier molecular flexibility index (Phi) is 2.92. The van der Waals surface area contributed by atoms with Gasteiger partial charge in [0, 0.05) is 13.3 Å². The molecular formula is C10H10N4O4. The van der Waals surface area contributed by atoms with E-state index in [0.717, 1.165) is 4.68 Å². The van der Waals surface area contributed by atoms with Crippen LogP contribution in [0, 0.1) is 10.1 Å². The van der Waals surface area contributed by atoms with Gasteiger partial charge in [0.2, 0.25) is 11.7 Å². The van der Waals surface area contributed by atoms with Gasteiger partial charge in [-0.05, 0) is 6.07 Å². The van der Waals surface area contributed by atoms with Gasteiger partial charge in [-0.15, -0.1) is 5.10 Å². The highest BCUT2D eigenvalue weighted by Crippen LogP contribution is 2.23. The van der Waals surface area contributed by atoms with Gasteiger partial charge in [-0.2, -0.15) is 4.68 Å². The predicted octanol–water partition coefficient (Wildman–Crippen LogP) is 1.67. The van der Waals surface area contributed by atoms with Crippen molar-refractivity contribution in [1.29, 1.82) is 0 Å². The summed E-state index contributed by atoms with van der Waals surface area (Å²) in [5, 5.41) is 14.5. The first-order valence-electron chi connectivity index (χ1n) is 5.24. The van der Waals surface area contributed by atoms with E-state index in [2.05, 4.69) is 10.1 Å². The molecule has 0 bridgehead atoms. The van der Waals surface area contributed by atoms with Crippen molar-refractivity contribution in [2.24, 2.45) is 0 Å². The van der Waals surface area contributed by atoms with Gasteiger partial charge in [-0.3, -0.25) is 14.9 Å². The maximum Gasteiger partial charge on any atom is 0.433 e. The first-order valence-corrected chi connectivity index (χ1v) is 5.24. The van der Waals surface area contributed by atoms with E-state index < -0.39 is 4.92 Å². The van der Waals surface area contributed by atoms with Crippen molar-refractivity contribution >= 4 is 11.8 Å². The minimum atomic E-state index is -0.647. The summed E-state index contributed by atoms with van der Waals surface area (Å²) in [6.07, 6.45) is 0.523. The minimum absolute atomic E-state index is 0.162. The third kappa shape index (κ3) is 1.99. The number of nitro groups is 1. The number of aryl methyl sites for hydroxylation is 1. The molecule has 0 radical (unpaired) electrons. The second-order valence-electron chi connectivity index (χ2n) is 3.53. The van der Waals surface area contributed by atoms with Crippen LogP contribution in [0.1, 0.15) is 24.5 Å². The summed E-state index contributed by atoms with van der Waals surface area (Å²) in [6.45, 7) is 3.19. The van der Waals surface area contributed by atoms with Gasteiger partial charge in [0.05, 0.1) is 6.07 Å². The molecule has 0 aromatic carbocycles. The Balaban J connectivity index is 2.44. The van der Waals surface area contributed by atoms with Crippen molar-refractivity contribution in [2.45, 2.75) is 20.3 Å². The summed E-state index contributed by atoms with van der Waals surface area (Å²) in [5.74, 6) is 0.150. The van der Waals surface area contributed by atoms with E-state index in [-0.39, 0.29) is 23.4 Å². The fourth-order valence-electron chi connectivity index (χ4n) is 1.48. The van der Waals surface area contributed by atoms with Crippen LogP contribution in [0.4, 0.5) is 5.88 Å². The monoisotopic (exact) mass is 250 g/mol. The van der Waals surface area contributed by atoms with Crippen LogP contribution in [0.2, 0.25) is 0 Å². The fourth-order valence-corrected chi connectivity index (χ4v) is 1.48. The number of rotatable bonds is 3. The zero-order valence-corrected chi connectivity index (χ0v) is 9.78. The molecule has 18 heavy (non-hydrogen) atoms. The summed E-state index contributed by atoms with van der Waals surface area (Å²) in [6, 6.07) is 2.62. The lowest BCUT2D eigenvalue weighted by molar-refractivity contribution is -0.401. The topological polar surface area (TPSA) is 104 Å². The molecule has 0 spiro atoms. The molecule has 0 unspecified atom stereocenters. The van der Waals surface area contributed by atoms with Crippen LogP contribution < -0.4 is 0 Å². The molecule has 0 N–H and O–H groups in total. The molecule has 0 aliphatic carbocycles. The molecule has 8 nitrogen and oxygen atoms in total. The Hall–Kier alpha value is -2.51. The van der Waals surface area contributed by atoms with Gasteiger partial charge in [0.15, 0.2) is 5.76 Å². The number of aromatic nitrogens is 3. The molecule has 2 aromatic heterocycles. The maximum atomic E-state index is 11.3. The average molecular weight is 250 g/mol. The van der Waals surface area contributed by atoms with Crippen molar-refractivity contribution < 1.29 is 14.1 Å². The molecule has 94 valence electrons. The van der Waals surface area contributed by atoms with Gasteiger partial charge in [0.1, 0.15) is 10.7 Å². The first-order chi connectivity index (χ1) is 8.52. The van der Waals surface area contributed by atoms with Crippen molar-refractivity contribution in [2.75, 3.05) is 0 Å². The van der Waals surface area contributed by atoms with Crippen LogP contribution in [-0.2, 0) is 6.42 Å². The molecule has 2 rings (SSSR count). The summed E-state index contributed by atoms with van der Waals surface area (Å²) in [4.78, 5) is 25.3.